The third-order valence-electron chi connectivity index (χ3n) is 2.81. The summed E-state index contributed by atoms with van der Waals surface area (Å²) in [5.41, 5.74) is 0. The molecule has 0 saturated heterocycles. The first-order valence-electron chi connectivity index (χ1n) is 5.86. The summed E-state index contributed by atoms with van der Waals surface area (Å²) in [6.07, 6.45) is 0. The number of rotatable bonds is 5. The number of ether oxygens (including phenoxy) is 1. The van der Waals surface area contributed by atoms with Crippen molar-refractivity contribution in [3.63, 3.8) is 0 Å². The van der Waals surface area contributed by atoms with Crippen LogP contribution in [0.4, 0.5) is 0 Å². The van der Waals surface area contributed by atoms with Crippen LogP contribution >= 0.6 is 0 Å². The van der Waals surface area contributed by atoms with Gasteiger partial charge in [0, 0.05) is 11.5 Å². The van der Waals surface area contributed by atoms with Crippen LogP contribution in [-0.4, -0.2) is 43.6 Å². The van der Waals surface area contributed by atoms with Crippen molar-refractivity contribution in [2.75, 3.05) is 6.61 Å². The first-order chi connectivity index (χ1) is 10.5. The molecule has 0 radical (unpaired) electrons. The second-order valence-corrected chi connectivity index (χ2v) is 7.28. The maximum atomic E-state index is 11.3. The van der Waals surface area contributed by atoms with E-state index >= 15 is 0 Å². The molecule has 0 amide bonds. The van der Waals surface area contributed by atoms with Gasteiger partial charge in [0.05, 0.1) is 9.79 Å². The van der Waals surface area contributed by atoms with Crippen LogP contribution in [0.5, 0.6) is 5.75 Å². The molecule has 0 atom stereocenters. The Morgan fingerprint density at radius 3 is 2.04 bits per heavy atom. The molecule has 0 fully saturated rings. The highest BCUT2D eigenvalue weighted by Gasteiger charge is 2.17. The zero-order chi connectivity index (χ0) is 17.4. The quantitative estimate of drug-likeness (QED) is 0.655. The van der Waals surface area contributed by atoms with Crippen LogP contribution in [0.3, 0.4) is 0 Å². The number of carboxylic acids is 1. The van der Waals surface area contributed by atoms with Gasteiger partial charge in [-0.15, -0.1) is 0 Å². The Morgan fingerprint density at radius 2 is 1.52 bits per heavy atom. The van der Waals surface area contributed by atoms with Gasteiger partial charge in [-0.2, -0.15) is 16.8 Å². The number of hydrogen-bond acceptors (Lipinski definition) is 6. The normalized spacial score (nSPS) is 12.3. The maximum absolute atomic E-state index is 11.3. The van der Waals surface area contributed by atoms with Crippen molar-refractivity contribution in [2.45, 2.75) is 9.79 Å². The highest BCUT2D eigenvalue weighted by atomic mass is 32.2. The van der Waals surface area contributed by atoms with Crippen LogP contribution in [0.1, 0.15) is 0 Å². The lowest BCUT2D eigenvalue weighted by molar-refractivity contribution is -0.139. The van der Waals surface area contributed by atoms with E-state index in [4.69, 9.17) is 18.9 Å². The lowest BCUT2D eigenvalue weighted by Gasteiger charge is -2.10. The molecule has 0 aliphatic rings. The van der Waals surface area contributed by atoms with Gasteiger partial charge in [-0.05, 0) is 29.7 Å². The molecule has 0 spiro atoms. The summed E-state index contributed by atoms with van der Waals surface area (Å²) < 4.78 is 67.9. The van der Waals surface area contributed by atoms with Crippen molar-refractivity contribution in [3.8, 4) is 5.75 Å². The smallest absolute Gasteiger partial charge is 0.341 e. The number of aliphatic carboxylic acids is 1. The highest BCUT2D eigenvalue weighted by molar-refractivity contribution is 7.86. The molecule has 0 aromatic heterocycles. The molecule has 3 N–H and O–H groups in total. The van der Waals surface area contributed by atoms with Gasteiger partial charge in [0.2, 0.25) is 0 Å². The molecular formula is C12H10O9S2. The minimum absolute atomic E-state index is 0.00985. The molecule has 0 aliphatic carbocycles. The second kappa shape index (κ2) is 5.77. The van der Waals surface area contributed by atoms with Gasteiger partial charge in [0.25, 0.3) is 20.2 Å². The number of carbonyl (C=O) groups is 1. The summed E-state index contributed by atoms with van der Waals surface area (Å²) in [7, 11) is -9.17. The molecule has 2 aromatic rings. The number of carboxylic acid groups (broad SMARTS) is 1. The summed E-state index contributed by atoms with van der Waals surface area (Å²) in [5.74, 6) is -1.50. The third-order valence-corrected chi connectivity index (χ3v) is 4.49. The van der Waals surface area contributed by atoms with Gasteiger partial charge in [-0.3, -0.25) is 9.11 Å². The lowest BCUT2D eigenvalue weighted by atomic mass is 10.1. The van der Waals surface area contributed by atoms with Gasteiger partial charge in [0.1, 0.15) is 5.75 Å². The van der Waals surface area contributed by atoms with Gasteiger partial charge in [-0.1, -0.05) is 0 Å². The molecule has 9 nitrogen and oxygen atoms in total. The van der Waals surface area contributed by atoms with E-state index in [2.05, 4.69) is 0 Å². The molecule has 124 valence electrons. The molecule has 2 aromatic carbocycles. The summed E-state index contributed by atoms with van der Waals surface area (Å²) in [6.45, 7) is -0.774. The molecule has 0 saturated carbocycles. The van der Waals surface area contributed by atoms with E-state index in [1.54, 1.807) is 0 Å². The number of benzene rings is 2. The zero-order valence-electron chi connectivity index (χ0n) is 11.2. The van der Waals surface area contributed by atoms with E-state index in [-0.39, 0.29) is 16.5 Å². The van der Waals surface area contributed by atoms with E-state index in [1.807, 2.05) is 0 Å². The lowest BCUT2D eigenvalue weighted by Crippen LogP contribution is -2.10. The van der Waals surface area contributed by atoms with E-state index in [1.165, 1.54) is 6.07 Å². The Labute approximate surface area is 130 Å². The fourth-order valence-corrected chi connectivity index (χ4v) is 2.90. The standard InChI is InChI=1S/C12H10O9S2/c13-12(14)6-21-11-5-9(23(18,19)20)4-7-3-8(22(15,16)17)1-2-10(7)11/h1-5H,6H2,(H,13,14)(H,15,16,17)(H,18,19,20). The average Bonchev–Trinajstić information content (AvgIpc) is 2.41. The van der Waals surface area contributed by atoms with Gasteiger partial charge in [0.15, 0.2) is 6.61 Å². The van der Waals surface area contributed by atoms with Crippen molar-refractivity contribution in [2.24, 2.45) is 0 Å². The van der Waals surface area contributed by atoms with E-state index in [0.29, 0.717) is 0 Å². The Bertz CT molecular complexity index is 985. The molecule has 0 heterocycles. The zero-order valence-corrected chi connectivity index (χ0v) is 12.8. The van der Waals surface area contributed by atoms with Crippen molar-refractivity contribution in [1.29, 1.82) is 0 Å². The highest BCUT2D eigenvalue weighted by Crippen LogP contribution is 2.31. The van der Waals surface area contributed by atoms with Crippen molar-refractivity contribution in [3.05, 3.63) is 30.3 Å². The predicted octanol–water partition coefficient (Wildman–Crippen LogP) is 0.797. The minimum atomic E-state index is -4.64. The molecule has 11 heteroatoms. The first kappa shape index (κ1) is 17.1. The van der Waals surface area contributed by atoms with Crippen LogP contribution < -0.4 is 4.74 Å². The molecular weight excluding hydrogens is 352 g/mol. The van der Waals surface area contributed by atoms with Crippen molar-refractivity contribution in [1.82, 2.24) is 0 Å². The summed E-state index contributed by atoms with van der Waals surface area (Å²) in [4.78, 5) is 9.46. The van der Waals surface area contributed by atoms with Gasteiger partial charge in [-0.25, -0.2) is 4.79 Å². The van der Waals surface area contributed by atoms with Crippen LogP contribution in [0.15, 0.2) is 40.1 Å². The third kappa shape index (κ3) is 3.96. The van der Waals surface area contributed by atoms with Gasteiger partial charge < -0.3 is 9.84 Å². The molecule has 2 rings (SSSR count). The SMILES string of the molecule is O=C(O)COc1cc(S(=O)(=O)O)cc2cc(S(=O)(=O)O)ccc12. The number of fused-ring (bicyclic) bond motifs is 1. The topological polar surface area (TPSA) is 155 Å². The second-order valence-electron chi connectivity index (χ2n) is 4.44. The predicted molar refractivity (Wildman–Crippen MR) is 76.7 cm³/mol. The summed E-state index contributed by atoms with van der Waals surface area (Å²) in [5, 5.41) is 8.83. The Morgan fingerprint density at radius 1 is 0.957 bits per heavy atom. The van der Waals surface area contributed by atoms with Crippen molar-refractivity contribution < 1.29 is 40.6 Å². The van der Waals surface area contributed by atoms with E-state index in [0.717, 1.165) is 24.3 Å². The first-order valence-corrected chi connectivity index (χ1v) is 8.74. The van der Waals surface area contributed by atoms with Crippen molar-refractivity contribution >= 4 is 37.0 Å². The Hall–Kier alpha value is -2.21. The molecule has 0 aliphatic heterocycles. The summed E-state index contributed by atoms with van der Waals surface area (Å²) in [6, 6.07) is 5.09. The van der Waals surface area contributed by atoms with E-state index in [9.17, 15) is 21.6 Å². The van der Waals surface area contributed by atoms with Crippen LogP contribution in [-0.2, 0) is 25.0 Å². The van der Waals surface area contributed by atoms with Crippen LogP contribution in [0, 0.1) is 0 Å². The van der Waals surface area contributed by atoms with E-state index < -0.39 is 42.6 Å². The van der Waals surface area contributed by atoms with Crippen LogP contribution in [0.25, 0.3) is 10.8 Å². The average molecular weight is 362 g/mol. The Kier molecular flexibility index (Phi) is 4.30. The monoisotopic (exact) mass is 362 g/mol. The Balaban J connectivity index is 2.75. The molecule has 0 bridgehead atoms. The fourth-order valence-electron chi connectivity index (χ4n) is 1.85. The fraction of sp³-hybridized carbons (Fsp3) is 0.0833. The molecule has 0 unspecified atom stereocenters. The minimum Gasteiger partial charge on any atom is -0.481 e. The molecule has 23 heavy (non-hydrogen) atoms. The van der Waals surface area contributed by atoms with Crippen LogP contribution in [0.2, 0.25) is 0 Å². The maximum Gasteiger partial charge on any atom is 0.341 e. The summed E-state index contributed by atoms with van der Waals surface area (Å²) >= 11 is 0. The number of hydrogen-bond donors (Lipinski definition) is 3. The largest absolute Gasteiger partial charge is 0.481 e. The van der Waals surface area contributed by atoms with Gasteiger partial charge >= 0.3 is 5.97 Å².